The Kier molecular flexibility index (Phi) is 60.3. The summed E-state index contributed by atoms with van der Waals surface area (Å²) in [6.07, 6.45) is 20.3. The van der Waals surface area contributed by atoms with Crippen LogP contribution in [0.5, 0.6) is 0 Å². The van der Waals surface area contributed by atoms with Crippen LogP contribution < -0.4 is 45.9 Å². The zero-order valence-corrected chi connectivity index (χ0v) is 89.4. The van der Waals surface area contributed by atoms with Crippen molar-refractivity contribution in [3.8, 4) is 0 Å². The minimum atomic E-state index is -1.03. The van der Waals surface area contributed by atoms with Gasteiger partial charge in [0.2, 0.25) is 23.6 Å². The van der Waals surface area contributed by atoms with Gasteiger partial charge in [-0.05, 0) is 281 Å². The predicted molar refractivity (Wildman–Crippen MR) is 584 cm³/mol. The molecule has 8 fully saturated rings. The van der Waals surface area contributed by atoms with Gasteiger partial charge in [-0.2, -0.15) is 0 Å². The van der Waals surface area contributed by atoms with Crippen molar-refractivity contribution in [1.82, 2.24) is 49.8 Å². The summed E-state index contributed by atoms with van der Waals surface area (Å²) in [6, 6.07) is 10.2. The molecular weight excluding hydrogens is 2140 g/mol. The number of nitrogens with one attached hydrogen (secondary N) is 4. The topological polar surface area (TPSA) is 493 Å². The van der Waals surface area contributed by atoms with E-state index < -0.39 is 94.8 Å². The summed E-state index contributed by atoms with van der Waals surface area (Å²) in [5.41, 5.74) is 4.07. The van der Waals surface area contributed by atoms with E-state index in [0.717, 1.165) is 57.9 Å². The third kappa shape index (κ3) is 40.9. The molecule has 0 aromatic carbocycles. The predicted octanol–water partition coefficient (Wildman–Crippen LogP) is 17.9. The maximum absolute atomic E-state index is 13.5. The van der Waals surface area contributed by atoms with Crippen LogP contribution in [0.1, 0.15) is 254 Å². The van der Waals surface area contributed by atoms with E-state index in [4.69, 9.17) is 39.6 Å². The van der Waals surface area contributed by atoms with Crippen LogP contribution in [0, 0.1) is 21.7 Å². The molecule has 8 amide bonds. The molecule has 4 aromatic rings. The van der Waals surface area contributed by atoms with Gasteiger partial charge in [0, 0.05) is 88.3 Å². The molecule has 8 heterocycles. The Labute approximate surface area is 912 Å². The van der Waals surface area contributed by atoms with Crippen LogP contribution in [0.15, 0.2) is 143 Å². The average Bonchev–Trinajstić information content (AvgIpc) is 1.57. The molecule has 0 unspecified atom stereocenters. The fourth-order valence-electron chi connectivity index (χ4n) is 16.3. The number of halogens is 4. The third-order valence-electron chi connectivity index (χ3n) is 23.5. The number of aliphatic hydroxyl groups is 1. The van der Waals surface area contributed by atoms with Gasteiger partial charge in [-0.15, -0.1) is 39.5 Å². The molecule has 4 aromatic heterocycles. The average molecular weight is 2300 g/mol. The summed E-state index contributed by atoms with van der Waals surface area (Å²) in [5.74, 6) is -2.95. The van der Waals surface area contributed by atoms with E-state index in [1.54, 1.807) is 168 Å². The van der Waals surface area contributed by atoms with Crippen LogP contribution in [0.2, 0.25) is 0 Å². The van der Waals surface area contributed by atoms with Crippen LogP contribution in [0.25, 0.3) is 0 Å². The van der Waals surface area contributed by atoms with Gasteiger partial charge in [0.25, 0.3) is 0 Å². The van der Waals surface area contributed by atoms with Crippen molar-refractivity contribution in [3.63, 3.8) is 0 Å². The molecule has 10 N–H and O–H groups in total. The minimum Gasteiger partial charge on any atom is -0.870 e. The number of unbranched alkanes of at least 4 members (excludes halogenated alkanes) is 4. The summed E-state index contributed by atoms with van der Waals surface area (Å²) in [4.78, 5) is 173. The van der Waals surface area contributed by atoms with E-state index in [9.17, 15) is 62.6 Å². The number of carbonyl (C=O) groups is 12. The first-order valence-corrected chi connectivity index (χ1v) is 48.4. The maximum atomic E-state index is 13.5. The second kappa shape index (κ2) is 61.9. The maximum Gasteiger partial charge on any atom is 1.00 e. The molecule has 12 rings (SSSR count). The molecular formula is C105H165Br4LiN14O22. The van der Waals surface area contributed by atoms with Crippen molar-refractivity contribution in [2.24, 2.45) is 21.7 Å². The summed E-state index contributed by atoms with van der Waals surface area (Å²) < 4.78 is 33.3. The summed E-state index contributed by atoms with van der Waals surface area (Å²) in [5, 5.41) is 37.3. The van der Waals surface area contributed by atoms with Crippen molar-refractivity contribution in [2.75, 3.05) is 69.7 Å². The zero-order chi connectivity index (χ0) is 103. The molecule has 12 atom stereocenters. The molecule has 4 aliphatic heterocycles. The van der Waals surface area contributed by atoms with E-state index in [1.807, 2.05) is 31.4 Å². The molecule has 0 radical (unpaired) electrons. The van der Waals surface area contributed by atoms with Crippen molar-refractivity contribution < 1.29 is 126 Å². The number of aliphatic carboxylic acids is 2. The van der Waals surface area contributed by atoms with Gasteiger partial charge >= 0.3 is 67.1 Å². The van der Waals surface area contributed by atoms with E-state index in [1.165, 1.54) is 41.8 Å². The first-order chi connectivity index (χ1) is 64.0. The van der Waals surface area contributed by atoms with Gasteiger partial charge in [0.15, 0.2) is 0 Å². The number of nitrogen functional groups attached to an aromatic ring is 1. The second-order valence-corrected chi connectivity index (χ2v) is 41.8. The number of amides is 8. The van der Waals surface area contributed by atoms with Gasteiger partial charge in [-0.25, -0.2) is 43.9 Å². The number of carboxylic acids is 2. The van der Waals surface area contributed by atoms with Crippen molar-refractivity contribution >= 4 is 159 Å². The van der Waals surface area contributed by atoms with Crippen molar-refractivity contribution in [2.45, 2.75) is 328 Å². The number of aromatic nitrogens is 4. The molecule has 4 saturated heterocycles. The molecule has 4 saturated carbocycles. The molecule has 36 nitrogen and oxygen atoms in total. The van der Waals surface area contributed by atoms with Gasteiger partial charge in [-0.1, -0.05) is 113 Å². The largest absolute Gasteiger partial charge is 1.00 e. The fourth-order valence-corrected chi connectivity index (χ4v) is 17.5. The fraction of sp³-hybridized carbons (Fsp3) is 0.581. The normalized spacial score (nSPS) is 21.2. The number of hydrogen-bond donors (Lipinski definition) is 8. The number of carbonyl (C=O) groups excluding carboxylic acids is 10. The van der Waals surface area contributed by atoms with Gasteiger partial charge < -0.3 is 81.1 Å². The molecule has 41 heteroatoms. The number of nitrogens with two attached hydrogens (primary N) is 1. The molecule has 146 heavy (non-hydrogen) atoms. The Bertz CT molecular complexity index is 5090. The summed E-state index contributed by atoms with van der Waals surface area (Å²) in [6.45, 7) is 47.9. The number of pyridine rings is 4. The van der Waals surface area contributed by atoms with Crippen molar-refractivity contribution in [1.29, 1.82) is 0 Å². The van der Waals surface area contributed by atoms with E-state index >= 15 is 0 Å². The first kappa shape index (κ1) is 142. The zero-order valence-electron chi connectivity index (χ0n) is 83.0. The van der Waals surface area contributed by atoms with Crippen LogP contribution in [0.3, 0.4) is 0 Å². The second-order valence-electron chi connectivity index (χ2n) is 38.5. The Morgan fingerprint density at radius 1 is 0.445 bits per heavy atom. The van der Waals surface area contributed by atoms with Crippen LogP contribution >= 0.6 is 63.7 Å². The molecule has 0 bridgehead atoms. The number of piperidine rings is 4. The number of allylic oxidation sites excluding steroid dienone is 2. The first-order valence-electron chi connectivity index (χ1n) is 45.2. The number of aliphatic hydroxyl groups excluding tert-OH is 1. The number of fused-ring (bicyclic) bond motifs is 4. The quantitative estimate of drug-likeness (QED) is 0.00625. The van der Waals surface area contributed by atoms with Gasteiger partial charge in [0.05, 0.1) is 39.9 Å². The SMILES string of the molecule is C.C.C.C.C.C.C.C=CCCCCN(C)C(=O)Cc1ccc(Br)nc1NC(=O)[C@@H]1C[C@@]2(C=C)C[C@H]2N1C(=O)OC(C)(C)C.C=CCCCCNC.C=C[C@@]12C[C@@H](C(=O)Nc3nc(Br)ccc3CC(=O)O)N(C(=O)OC(C)(C)C)[C@@H]1C2.C=C[C@@]12C[C@@H](C(=O)Nc3nc(Br)ccc3CC(=O)OC)N(C(=O)OC(C)(C)C)[C@@H]1C2.C=C[C@@]12C[C@@H](C(=O)O)N(C(=O)OC(C)(C)C)[C@@H]1C2.CCO.COC(=O)Cc1ccc(Br)nc1N.[Li+].[OH-]. The number of rotatable bonds is 29. The van der Waals surface area contributed by atoms with Gasteiger partial charge in [-0.3, -0.25) is 53.2 Å². The number of hydrogen-bond acceptors (Lipinski definition) is 26. The summed E-state index contributed by atoms with van der Waals surface area (Å²) in [7, 11) is 6.39. The van der Waals surface area contributed by atoms with Crippen LogP contribution in [-0.4, -0.2) is 256 Å². The Morgan fingerprint density at radius 3 is 0.979 bits per heavy atom. The Hall–Kier alpha value is -9.92. The molecule has 4 aliphatic carbocycles. The number of likely N-dealkylation sites (tertiary alicyclic amines) is 4. The smallest absolute Gasteiger partial charge is 0.870 e. The number of likely N-dealkylation sites (N-methyl/N-ethyl adjacent to an activating group) is 1. The number of ether oxygens (including phenoxy) is 6. The van der Waals surface area contributed by atoms with E-state index in [2.05, 4.69) is 149 Å². The number of anilines is 4. The monoisotopic (exact) mass is 2300 g/mol. The van der Waals surface area contributed by atoms with E-state index in [0.29, 0.717) is 84.5 Å². The van der Waals surface area contributed by atoms with Gasteiger partial charge in [0.1, 0.15) is 88.3 Å². The Balaban J connectivity index is -0.000000850. The Morgan fingerprint density at radius 2 is 0.712 bits per heavy atom. The molecule has 0 spiro atoms. The molecule has 8 aliphatic rings. The number of esters is 2. The van der Waals surface area contributed by atoms with E-state index in [-0.39, 0.29) is 190 Å². The number of carboxylic acid groups (broad SMARTS) is 2. The third-order valence-corrected chi connectivity index (χ3v) is 25.3. The standard InChI is InChI=1S/C27H37BrN4O4.C21H26BrN3O5.C20H24BrN3O5.C13H19NO4.C8H9BrN2O2.C7H15N.C2H6O.7CH4.Li.H2O/c1-7-9-10-11-14-31(6)22(33)15-18-12-13-21(28)29-23(18)30-24(34)19-16-27(8-2)17-20(27)32(19)25(35)36-26(3,4)5;1-6-21-10-13(25(14(21)11-21)19(28)30-20(2,3)4)18(27)24-17-12(9-16(26)29-5)7-8-15(22)23-17;1-5-20-9-12(24(13(20)10-20)18(28)29-19(2,3)4)17(27)23-16-11(8-15(25)26)6-7-14(21)22-16;1-5-13-6-8(10(15)16)14(9(13)7-13)11(17)18-12(2,3)4;1-13-7(12)4-5-2-3-6(9)11-8(5)10;1-3-4-5-6-7-8-2;1-2-3;;;;;;;;;/h7-8,12-13,19-20H,1-2,9-11,14-17H2,3-6H3,(H,29,30,34);6-8,13-14H,1,9-11H2,2-5H3,(H,23,24,27);5-7,12-13H,1,8-10H2,2-4H3,(H,25,26)(H,22,23,27);5,8-9H,1,6-7H2,2-4H3,(H,15,16);2-3H,4H2,1H3,(H2,10,11);3,8H,1,4-7H2,2H3;3H,2H2,1H3;7*1H4;;1H2/q;;;;;;;;;;;;;;+1;/p-1/t19-,20+,27-;13-,14+,21-;12-,13+,20-;8-,9+,13-;;;;;;;;;;;;/m0000............/s1. The molecule has 816 valence electrons. The van der Waals surface area contributed by atoms with Crippen LogP contribution in [0.4, 0.5) is 42.4 Å². The number of nitrogens with zero attached hydrogens (tertiary/aromatic N) is 9. The van der Waals surface area contributed by atoms with Crippen molar-refractivity contribution in [3.05, 3.63) is 165 Å². The number of methoxy groups -OCH3 is 2. The summed E-state index contributed by atoms with van der Waals surface area (Å²) >= 11 is 13.0. The van der Waals surface area contributed by atoms with Crippen LogP contribution in [-0.2, 0) is 92.5 Å². The minimum absolute atomic E-state index is 0.